The number of hydrogen-bond donors (Lipinski definition) is 2. The highest BCUT2D eigenvalue weighted by Gasteiger charge is 2.16. The average Bonchev–Trinajstić information content (AvgIpc) is 2.71. The van der Waals surface area contributed by atoms with Crippen molar-refractivity contribution < 1.29 is 0 Å². The monoisotopic (exact) mass is 250 g/mol. The van der Waals surface area contributed by atoms with Crippen LogP contribution in [0.3, 0.4) is 0 Å². The van der Waals surface area contributed by atoms with Crippen LogP contribution >= 0.6 is 11.6 Å². The largest absolute Gasteiger partial charge is 0.275 e. The molecule has 0 saturated heterocycles. The Morgan fingerprint density at radius 3 is 2.82 bits per heavy atom. The second kappa shape index (κ2) is 4.87. The molecule has 0 aliphatic carbocycles. The van der Waals surface area contributed by atoms with Crippen LogP contribution in [0.5, 0.6) is 0 Å². The highest BCUT2D eigenvalue weighted by molar-refractivity contribution is 6.30. The molecule has 1 unspecified atom stereocenters. The Hall–Kier alpha value is -1.36. The van der Waals surface area contributed by atoms with Crippen LogP contribution in [0.4, 0.5) is 0 Å². The molecule has 17 heavy (non-hydrogen) atoms. The van der Waals surface area contributed by atoms with Crippen LogP contribution < -0.4 is 11.3 Å². The molecular formula is C12H15ClN4. The molecule has 1 atom stereocenters. The lowest BCUT2D eigenvalue weighted by Crippen LogP contribution is -2.29. The summed E-state index contributed by atoms with van der Waals surface area (Å²) < 4.78 is 1.75. The van der Waals surface area contributed by atoms with Gasteiger partial charge in [-0.25, -0.2) is 5.43 Å². The number of nitrogens with one attached hydrogen (secondary N) is 1. The van der Waals surface area contributed by atoms with Crippen molar-refractivity contribution in [3.8, 4) is 0 Å². The molecule has 0 aliphatic rings. The van der Waals surface area contributed by atoms with E-state index in [0.29, 0.717) is 5.02 Å². The molecule has 5 heteroatoms. The first-order valence-corrected chi connectivity index (χ1v) is 5.70. The summed E-state index contributed by atoms with van der Waals surface area (Å²) in [5.41, 5.74) is 6.02. The summed E-state index contributed by atoms with van der Waals surface area (Å²) >= 11 is 6.02. The lowest BCUT2D eigenvalue weighted by molar-refractivity contribution is 0.632. The molecule has 0 bridgehead atoms. The number of halogens is 1. The summed E-state index contributed by atoms with van der Waals surface area (Å²) in [6, 6.07) is 5.69. The number of hydrazine groups is 1. The second-order valence-electron chi connectivity index (χ2n) is 4.05. The molecular weight excluding hydrogens is 236 g/mol. The van der Waals surface area contributed by atoms with Crippen LogP contribution in [-0.2, 0) is 7.05 Å². The number of nitrogens with two attached hydrogens (primary N) is 1. The van der Waals surface area contributed by atoms with Gasteiger partial charge in [0.1, 0.15) is 0 Å². The topological polar surface area (TPSA) is 55.9 Å². The summed E-state index contributed by atoms with van der Waals surface area (Å²) in [4.78, 5) is 0. The first-order valence-electron chi connectivity index (χ1n) is 5.32. The van der Waals surface area contributed by atoms with Gasteiger partial charge < -0.3 is 0 Å². The molecule has 0 fully saturated rings. The minimum Gasteiger partial charge on any atom is -0.275 e. The Morgan fingerprint density at radius 1 is 1.47 bits per heavy atom. The van der Waals surface area contributed by atoms with E-state index in [9.17, 15) is 0 Å². The van der Waals surface area contributed by atoms with Crippen LogP contribution in [0.2, 0.25) is 5.02 Å². The fourth-order valence-electron chi connectivity index (χ4n) is 1.88. The van der Waals surface area contributed by atoms with Crippen LogP contribution in [0.1, 0.15) is 22.7 Å². The van der Waals surface area contributed by atoms with E-state index in [1.807, 2.05) is 38.4 Å². The maximum absolute atomic E-state index is 6.02. The van der Waals surface area contributed by atoms with Gasteiger partial charge >= 0.3 is 0 Å². The normalized spacial score (nSPS) is 12.7. The predicted octanol–water partition coefficient (Wildman–Crippen LogP) is 1.93. The van der Waals surface area contributed by atoms with Crippen molar-refractivity contribution in [3.63, 3.8) is 0 Å². The van der Waals surface area contributed by atoms with Crippen molar-refractivity contribution in [1.29, 1.82) is 0 Å². The third-order valence-electron chi connectivity index (χ3n) is 2.78. The fraction of sp³-hybridized carbons (Fsp3) is 0.250. The third kappa shape index (κ3) is 2.49. The van der Waals surface area contributed by atoms with Crippen LogP contribution in [0, 0.1) is 6.92 Å². The molecule has 3 N–H and O–H groups in total. The average molecular weight is 251 g/mol. The molecule has 0 saturated carbocycles. The van der Waals surface area contributed by atoms with Gasteiger partial charge in [-0.2, -0.15) is 5.10 Å². The Morgan fingerprint density at radius 2 is 2.24 bits per heavy atom. The maximum atomic E-state index is 6.02. The summed E-state index contributed by atoms with van der Waals surface area (Å²) in [5.74, 6) is 5.63. The van der Waals surface area contributed by atoms with Crippen molar-refractivity contribution in [3.05, 3.63) is 52.3 Å². The quantitative estimate of drug-likeness (QED) is 0.647. The zero-order valence-corrected chi connectivity index (χ0v) is 10.6. The van der Waals surface area contributed by atoms with E-state index in [1.165, 1.54) is 0 Å². The molecule has 0 radical (unpaired) electrons. The van der Waals surface area contributed by atoms with Gasteiger partial charge in [0.15, 0.2) is 0 Å². The standard InChI is InChI=1S/C12H15ClN4/c1-8-3-4-10(13)5-11(8)12(16-14)9-6-15-17(2)7-9/h3-7,12,16H,14H2,1-2H3. The minimum absolute atomic E-state index is 0.0950. The number of benzene rings is 1. The van der Waals surface area contributed by atoms with Crippen molar-refractivity contribution >= 4 is 11.6 Å². The zero-order chi connectivity index (χ0) is 12.4. The molecule has 2 rings (SSSR count). The fourth-order valence-corrected chi connectivity index (χ4v) is 2.06. The Kier molecular flexibility index (Phi) is 3.47. The number of hydrogen-bond acceptors (Lipinski definition) is 3. The van der Waals surface area contributed by atoms with Crippen molar-refractivity contribution in [2.24, 2.45) is 12.9 Å². The smallest absolute Gasteiger partial charge is 0.0743 e. The lowest BCUT2D eigenvalue weighted by Gasteiger charge is -2.17. The van der Waals surface area contributed by atoms with Gasteiger partial charge in [-0.1, -0.05) is 17.7 Å². The first kappa shape index (κ1) is 12.1. The van der Waals surface area contributed by atoms with Gasteiger partial charge in [-0.3, -0.25) is 10.5 Å². The summed E-state index contributed by atoms with van der Waals surface area (Å²) in [7, 11) is 1.88. The number of rotatable bonds is 3. The van der Waals surface area contributed by atoms with Crippen LogP contribution in [0.15, 0.2) is 30.6 Å². The molecule has 4 nitrogen and oxygen atoms in total. The summed E-state index contributed by atoms with van der Waals surface area (Å²) in [6.45, 7) is 2.03. The Balaban J connectivity index is 2.45. The molecule has 0 amide bonds. The number of nitrogens with zero attached hydrogens (tertiary/aromatic N) is 2. The van der Waals surface area contributed by atoms with Crippen LogP contribution in [0.25, 0.3) is 0 Å². The summed E-state index contributed by atoms with van der Waals surface area (Å²) in [6.07, 6.45) is 3.73. The van der Waals surface area contributed by atoms with Gasteiger partial charge in [0, 0.05) is 23.8 Å². The number of aryl methyl sites for hydroxylation is 2. The molecule has 1 heterocycles. The van der Waals surface area contributed by atoms with Gasteiger partial charge in [0.05, 0.1) is 12.2 Å². The molecule has 90 valence electrons. The van der Waals surface area contributed by atoms with E-state index in [1.54, 1.807) is 10.9 Å². The van der Waals surface area contributed by atoms with Crippen molar-refractivity contribution in [1.82, 2.24) is 15.2 Å². The second-order valence-corrected chi connectivity index (χ2v) is 4.48. The maximum Gasteiger partial charge on any atom is 0.0743 e. The van der Waals surface area contributed by atoms with E-state index < -0.39 is 0 Å². The van der Waals surface area contributed by atoms with E-state index in [4.69, 9.17) is 17.4 Å². The molecule has 2 aromatic rings. The third-order valence-corrected chi connectivity index (χ3v) is 3.01. The molecule has 1 aromatic heterocycles. The van der Waals surface area contributed by atoms with Crippen LogP contribution in [-0.4, -0.2) is 9.78 Å². The van der Waals surface area contributed by atoms with Gasteiger partial charge in [0.2, 0.25) is 0 Å². The van der Waals surface area contributed by atoms with E-state index in [0.717, 1.165) is 16.7 Å². The predicted molar refractivity (Wildman–Crippen MR) is 68.6 cm³/mol. The van der Waals surface area contributed by atoms with E-state index >= 15 is 0 Å². The molecule has 1 aromatic carbocycles. The Labute approximate surface area is 105 Å². The lowest BCUT2D eigenvalue weighted by atomic mass is 9.98. The minimum atomic E-state index is -0.0950. The number of aromatic nitrogens is 2. The van der Waals surface area contributed by atoms with Crippen molar-refractivity contribution in [2.45, 2.75) is 13.0 Å². The zero-order valence-electron chi connectivity index (χ0n) is 9.81. The van der Waals surface area contributed by atoms with Crippen molar-refractivity contribution in [2.75, 3.05) is 0 Å². The highest BCUT2D eigenvalue weighted by atomic mass is 35.5. The van der Waals surface area contributed by atoms with Gasteiger partial charge in [-0.05, 0) is 30.2 Å². The van der Waals surface area contributed by atoms with E-state index in [2.05, 4.69) is 10.5 Å². The van der Waals surface area contributed by atoms with E-state index in [-0.39, 0.29) is 6.04 Å². The Bertz CT molecular complexity index is 521. The van der Waals surface area contributed by atoms with Gasteiger partial charge in [-0.15, -0.1) is 0 Å². The first-order chi connectivity index (χ1) is 8.11. The SMILES string of the molecule is Cc1ccc(Cl)cc1C(NN)c1cnn(C)c1. The summed E-state index contributed by atoms with van der Waals surface area (Å²) in [5, 5.41) is 4.85. The molecule has 0 spiro atoms. The van der Waals surface area contributed by atoms with Gasteiger partial charge in [0.25, 0.3) is 0 Å². The highest BCUT2D eigenvalue weighted by Crippen LogP contribution is 2.26. The molecule has 0 aliphatic heterocycles.